The van der Waals surface area contributed by atoms with Crippen LogP contribution in [0.15, 0.2) is 24.3 Å². The third-order valence-corrected chi connectivity index (χ3v) is 5.35. The predicted octanol–water partition coefficient (Wildman–Crippen LogP) is -0.125. The first-order chi connectivity index (χ1) is 12.0. The molecular formula is C18H29ClN6+2. The van der Waals surface area contributed by atoms with Gasteiger partial charge in [0, 0.05) is 17.1 Å². The van der Waals surface area contributed by atoms with Crippen molar-refractivity contribution < 1.29 is 9.80 Å². The minimum absolute atomic E-state index is 0.160. The molecular weight excluding hydrogens is 336 g/mol. The molecule has 0 amide bonds. The van der Waals surface area contributed by atoms with Crippen molar-refractivity contribution in [1.29, 1.82) is 0 Å². The zero-order chi connectivity index (χ0) is 17.8. The summed E-state index contributed by atoms with van der Waals surface area (Å²) in [4.78, 5) is 3.13. The predicted molar refractivity (Wildman–Crippen MR) is 97.9 cm³/mol. The van der Waals surface area contributed by atoms with Gasteiger partial charge in [0.05, 0.1) is 7.05 Å². The number of nitrogens with zero attached hydrogens (tertiary/aromatic N) is 4. The number of hydrogen-bond acceptors (Lipinski definition) is 3. The normalized spacial score (nSPS) is 22.3. The van der Waals surface area contributed by atoms with Gasteiger partial charge in [0.15, 0.2) is 6.04 Å². The van der Waals surface area contributed by atoms with Gasteiger partial charge >= 0.3 is 0 Å². The molecule has 0 aliphatic carbocycles. The van der Waals surface area contributed by atoms with Crippen molar-refractivity contribution in [2.24, 2.45) is 5.92 Å². The van der Waals surface area contributed by atoms with Crippen LogP contribution in [-0.2, 0) is 6.54 Å². The van der Waals surface area contributed by atoms with Gasteiger partial charge in [0.25, 0.3) is 0 Å². The molecule has 1 atom stereocenters. The van der Waals surface area contributed by atoms with Crippen molar-refractivity contribution in [3.8, 4) is 0 Å². The molecule has 0 radical (unpaired) electrons. The van der Waals surface area contributed by atoms with E-state index in [4.69, 9.17) is 11.6 Å². The van der Waals surface area contributed by atoms with Crippen LogP contribution in [0.25, 0.3) is 0 Å². The van der Waals surface area contributed by atoms with Crippen LogP contribution in [0.3, 0.4) is 0 Å². The van der Waals surface area contributed by atoms with E-state index in [2.05, 4.69) is 48.6 Å². The average Bonchev–Trinajstić information content (AvgIpc) is 3.05. The second-order valence-corrected chi connectivity index (χ2v) is 7.98. The molecule has 1 aromatic carbocycles. The molecule has 6 nitrogen and oxygen atoms in total. The van der Waals surface area contributed by atoms with Gasteiger partial charge < -0.3 is 9.80 Å². The maximum atomic E-state index is 6.11. The fraction of sp³-hybridized carbons (Fsp3) is 0.611. The van der Waals surface area contributed by atoms with E-state index in [-0.39, 0.29) is 6.04 Å². The molecule has 0 unspecified atom stereocenters. The number of rotatable bonds is 6. The van der Waals surface area contributed by atoms with Gasteiger partial charge in [-0.15, -0.1) is 5.10 Å². The van der Waals surface area contributed by atoms with E-state index in [0.29, 0.717) is 5.92 Å². The first kappa shape index (κ1) is 18.3. The fourth-order valence-electron chi connectivity index (χ4n) is 3.47. The van der Waals surface area contributed by atoms with Gasteiger partial charge in [-0.25, -0.2) is 4.68 Å². The van der Waals surface area contributed by atoms with Crippen LogP contribution < -0.4 is 9.80 Å². The topological polar surface area (TPSA) is 52.5 Å². The molecule has 2 aromatic rings. The Morgan fingerprint density at radius 2 is 1.80 bits per heavy atom. The molecule has 0 spiro atoms. The van der Waals surface area contributed by atoms with Crippen LogP contribution in [0.4, 0.5) is 0 Å². The lowest BCUT2D eigenvalue weighted by molar-refractivity contribution is -1.02. The number of halogens is 1. The third kappa shape index (κ3) is 4.57. The molecule has 25 heavy (non-hydrogen) atoms. The summed E-state index contributed by atoms with van der Waals surface area (Å²) in [6, 6.07) is 8.33. The van der Waals surface area contributed by atoms with E-state index in [1.54, 1.807) is 4.90 Å². The van der Waals surface area contributed by atoms with Crippen LogP contribution in [0.1, 0.15) is 37.7 Å². The number of aromatic nitrogens is 4. The highest BCUT2D eigenvalue weighted by Gasteiger charge is 2.34. The molecule has 2 N–H and O–H groups in total. The summed E-state index contributed by atoms with van der Waals surface area (Å²) < 4.78 is 2.00. The van der Waals surface area contributed by atoms with Gasteiger partial charge in [0.1, 0.15) is 26.2 Å². The Labute approximate surface area is 154 Å². The second kappa shape index (κ2) is 8.25. The van der Waals surface area contributed by atoms with Crippen molar-refractivity contribution in [2.45, 2.75) is 32.9 Å². The summed E-state index contributed by atoms with van der Waals surface area (Å²) in [7, 11) is 2.26. The zero-order valence-corrected chi connectivity index (χ0v) is 16.1. The molecule has 2 heterocycles. The van der Waals surface area contributed by atoms with Crippen LogP contribution in [0.2, 0.25) is 5.02 Å². The zero-order valence-electron chi connectivity index (χ0n) is 15.4. The van der Waals surface area contributed by atoms with E-state index in [1.807, 2.05) is 16.8 Å². The van der Waals surface area contributed by atoms with Gasteiger partial charge in [-0.05, 0) is 34.9 Å². The molecule has 1 aromatic heterocycles. The summed E-state index contributed by atoms with van der Waals surface area (Å²) in [5, 5.41) is 13.5. The Bertz CT molecular complexity index is 660. The highest BCUT2D eigenvalue weighted by atomic mass is 35.5. The number of likely N-dealkylation sites (N-methyl/N-ethyl adjacent to an activating group) is 1. The molecule has 1 aliphatic heterocycles. The van der Waals surface area contributed by atoms with Gasteiger partial charge in [-0.1, -0.05) is 37.6 Å². The second-order valence-electron chi connectivity index (χ2n) is 7.54. The Morgan fingerprint density at radius 1 is 1.12 bits per heavy atom. The quantitative estimate of drug-likeness (QED) is 0.751. The summed E-state index contributed by atoms with van der Waals surface area (Å²) in [6.07, 6.45) is 1.08. The highest BCUT2D eigenvalue weighted by Crippen LogP contribution is 2.20. The summed E-state index contributed by atoms with van der Waals surface area (Å²) in [6.45, 7) is 9.92. The molecule has 1 aliphatic rings. The smallest absolute Gasteiger partial charge is 0.214 e. The molecule has 136 valence electrons. The largest absolute Gasteiger partial charge is 0.328 e. The van der Waals surface area contributed by atoms with Crippen molar-refractivity contribution >= 4 is 11.6 Å². The standard InChI is InChI=1S/C18H27ClN6/c1-14(2)8-9-25-18(20-21-22-25)17(15-4-6-16(19)7-5-15)24-12-10-23(3)11-13-24/h4-7,14,17H,8-13H2,1-3H3/p+2/t17-/m1/s1. The molecule has 0 bridgehead atoms. The van der Waals surface area contributed by atoms with Crippen LogP contribution >= 0.6 is 11.6 Å². The van der Waals surface area contributed by atoms with E-state index >= 15 is 0 Å². The minimum Gasteiger partial charge on any atom is -0.328 e. The van der Waals surface area contributed by atoms with Crippen molar-refractivity contribution in [3.05, 3.63) is 40.7 Å². The van der Waals surface area contributed by atoms with E-state index < -0.39 is 0 Å². The summed E-state index contributed by atoms with van der Waals surface area (Å²) >= 11 is 6.11. The van der Waals surface area contributed by atoms with E-state index in [1.165, 1.54) is 23.6 Å². The van der Waals surface area contributed by atoms with Crippen LogP contribution in [0, 0.1) is 5.92 Å². The Hall–Kier alpha value is -1.50. The summed E-state index contributed by atoms with van der Waals surface area (Å²) in [5.74, 6) is 1.60. The van der Waals surface area contributed by atoms with Crippen LogP contribution in [0.5, 0.6) is 0 Å². The average molecular weight is 365 g/mol. The number of nitrogens with one attached hydrogen (secondary N) is 2. The minimum atomic E-state index is 0.160. The number of hydrogen-bond donors (Lipinski definition) is 2. The molecule has 3 rings (SSSR count). The Morgan fingerprint density at radius 3 is 2.44 bits per heavy atom. The highest BCUT2D eigenvalue weighted by molar-refractivity contribution is 6.30. The fourth-order valence-corrected chi connectivity index (χ4v) is 3.59. The lowest BCUT2D eigenvalue weighted by Gasteiger charge is -2.32. The Kier molecular flexibility index (Phi) is 6.04. The van der Waals surface area contributed by atoms with Gasteiger partial charge in [-0.2, -0.15) is 0 Å². The Balaban J connectivity index is 1.91. The molecule has 7 heteroatoms. The van der Waals surface area contributed by atoms with Crippen LogP contribution in [-0.4, -0.2) is 53.4 Å². The maximum Gasteiger partial charge on any atom is 0.214 e. The monoisotopic (exact) mass is 364 g/mol. The number of piperazine rings is 1. The van der Waals surface area contributed by atoms with Crippen molar-refractivity contribution in [2.75, 3.05) is 33.2 Å². The third-order valence-electron chi connectivity index (χ3n) is 5.09. The lowest BCUT2D eigenvalue weighted by Crippen LogP contribution is -3.27. The molecule has 1 saturated heterocycles. The van der Waals surface area contributed by atoms with Crippen molar-refractivity contribution in [1.82, 2.24) is 20.2 Å². The summed E-state index contributed by atoms with van der Waals surface area (Å²) in [5.41, 5.74) is 1.24. The number of tetrazole rings is 1. The molecule has 0 saturated carbocycles. The first-order valence-corrected chi connectivity index (χ1v) is 9.59. The maximum absolute atomic E-state index is 6.11. The first-order valence-electron chi connectivity index (χ1n) is 9.22. The number of aryl methyl sites for hydroxylation is 1. The van der Waals surface area contributed by atoms with E-state index in [9.17, 15) is 0 Å². The van der Waals surface area contributed by atoms with E-state index in [0.717, 1.165) is 36.9 Å². The number of benzene rings is 1. The van der Waals surface area contributed by atoms with Crippen molar-refractivity contribution in [3.63, 3.8) is 0 Å². The van der Waals surface area contributed by atoms with Gasteiger partial charge in [-0.3, -0.25) is 0 Å². The lowest BCUT2D eigenvalue weighted by atomic mass is 10.0. The molecule has 1 fully saturated rings. The number of quaternary nitrogens is 2. The SMILES string of the molecule is CC(C)CCn1nnnc1[C@@H](c1ccc(Cl)cc1)[NH+]1CC[NH+](C)CC1. The van der Waals surface area contributed by atoms with Gasteiger partial charge in [0.2, 0.25) is 5.82 Å².